The molecule has 0 saturated heterocycles. The molecule has 0 spiro atoms. The zero-order valence-corrected chi connectivity index (χ0v) is 29.6. The van der Waals surface area contributed by atoms with E-state index in [0.29, 0.717) is 43.3 Å². The van der Waals surface area contributed by atoms with E-state index in [1.54, 1.807) is 45.8 Å². The van der Waals surface area contributed by atoms with Gasteiger partial charge in [-0.1, -0.05) is 103 Å². The van der Waals surface area contributed by atoms with Crippen LogP contribution in [0.4, 0.5) is 0 Å². The zero-order chi connectivity index (χ0) is 32.6. The van der Waals surface area contributed by atoms with Crippen LogP contribution < -0.4 is 11.1 Å². The maximum absolute atomic E-state index is 13.2. The van der Waals surface area contributed by atoms with Gasteiger partial charge in [0.2, 0.25) is 0 Å². The molecule has 254 valence electrons. The van der Waals surface area contributed by atoms with Gasteiger partial charge in [-0.3, -0.25) is 19.4 Å². The van der Waals surface area contributed by atoms with E-state index in [1.165, 1.54) is 5.69 Å². The van der Waals surface area contributed by atoms with E-state index >= 15 is 0 Å². The van der Waals surface area contributed by atoms with E-state index in [1.807, 2.05) is 11.7 Å². The molecular formula is C37H46Cl4N4O2. The van der Waals surface area contributed by atoms with Crippen LogP contribution in [0, 0.1) is 10.8 Å². The number of benzene rings is 2. The van der Waals surface area contributed by atoms with E-state index in [2.05, 4.69) is 46.6 Å². The number of aromatic nitrogens is 4. The van der Waals surface area contributed by atoms with Gasteiger partial charge in [-0.2, -0.15) is 0 Å². The number of H-pyrrole nitrogens is 1. The average Bonchev–Trinajstić information content (AvgIpc) is 3.68. The fraction of sp³-hybridized carbons (Fsp3) is 0.514. The van der Waals surface area contributed by atoms with Crippen molar-refractivity contribution in [3.8, 4) is 11.4 Å². The first-order valence-electron chi connectivity index (χ1n) is 15.6. The van der Waals surface area contributed by atoms with Gasteiger partial charge in [0.25, 0.3) is 11.1 Å². The molecule has 4 bridgehead atoms. The number of hydrogen-bond donors (Lipinski definition) is 1. The number of rotatable bonds is 2. The lowest BCUT2D eigenvalue weighted by atomic mass is 9.70. The minimum atomic E-state index is 0. The molecule has 0 amide bonds. The second-order valence-corrected chi connectivity index (χ2v) is 16.6. The summed E-state index contributed by atoms with van der Waals surface area (Å²) in [7, 11) is 1.96. The van der Waals surface area contributed by atoms with Crippen molar-refractivity contribution >= 4 is 46.4 Å². The van der Waals surface area contributed by atoms with Crippen LogP contribution in [-0.4, -0.2) is 19.1 Å². The summed E-state index contributed by atoms with van der Waals surface area (Å²) in [6, 6.07) is 10.4. The van der Waals surface area contributed by atoms with Gasteiger partial charge in [0.1, 0.15) is 0 Å². The van der Waals surface area contributed by atoms with E-state index in [4.69, 9.17) is 46.4 Å². The van der Waals surface area contributed by atoms with Crippen molar-refractivity contribution in [2.75, 3.05) is 0 Å². The Morgan fingerprint density at radius 3 is 1.74 bits per heavy atom. The Morgan fingerprint density at radius 1 is 0.702 bits per heavy atom. The number of nitrogens with one attached hydrogen (secondary N) is 1. The predicted octanol–water partition coefficient (Wildman–Crippen LogP) is 10.6. The van der Waals surface area contributed by atoms with Crippen molar-refractivity contribution in [1.82, 2.24) is 19.1 Å². The molecule has 4 aliphatic rings. The van der Waals surface area contributed by atoms with Crippen LogP contribution in [-0.2, 0) is 17.9 Å². The maximum atomic E-state index is 13.2. The number of fused-ring (bicyclic) bond motifs is 10. The molecule has 2 heterocycles. The van der Waals surface area contributed by atoms with E-state index in [-0.39, 0.29) is 47.6 Å². The first-order chi connectivity index (χ1) is 21.0. The molecule has 2 aromatic heterocycles. The minimum Gasteiger partial charge on any atom is -0.294 e. The fourth-order valence-corrected chi connectivity index (χ4v) is 10.1. The van der Waals surface area contributed by atoms with Gasteiger partial charge in [-0.15, -0.1) is 0 Å². The van der Waals surface area contributed by atoms with E-state index in [9.17, 15) is 9.59 Å². The smallest absolute Gasteiger partial charge is 0.275 e. The molecule has 10 heteroatoms. The van der Waals surface area contributed by atoms with Crippen molar-refractivity contribution < 1.29 is 0 Å². The molecule has 0 radical (unpaired) electrons. The summed E-state index contributed by atoms with van der Waals surface area (Å²) in [5.74, 6) is 0.635. The van der Waals surface area contributed by atoms with Gasteiger partial charge in [0.05, 0.1) is 27.1 Å². The van der Waals surface area contributed by atoms with Gasteiger partial charge < -0.3 is 0 Å². The van der Waals surface area contributed by atoms with Gasteiger partial charge in [-0.25, -0.2) is 9.36 Å². The normalized spacial score (nSPS) is 26.6. The summed E-state index contributed by atoms with van der Waals surface area (Å²) < 4.78 is 5.24. The lowest BCUT2D eigenvalue weighted by molar-refractivity contribution is 0.218. The summed E-state index contributed by atoms with van der Waals surface area (Å²) in [4.78, 5) is 26.2. The molecule has 0 aliphatic heterocycles. The zero-order valence-electron chi connectivity index (χ0n) is 26.6. The van der Waals surface area contributed by atoms with Gasteiger partial charge >= 0.3 is 0 Å². The van der Waals surface area contributed by atoms with Crippen LogP contribution in [0.15, 0.2) is 46.0 Å². The van der Waals surface area contributed by atoms with Crippen molar-refractivity contribution in [1.29, 1.82) is 0 Å². The fourth-order valence-electron chi connectivity index (χ4n) is 9.42. The van der Waals surface area contributed by atoms with Gasteiger partial charge in [-0.05, 0) is 84.7 Å². The van der Waals surface area contributed by atoms with Crippen molar-refractivity contribution in [3.05, 3.63) is 99.7 Å². The quantitative estimate of drug-likeness (QED) is 0.224. The predicted molar refractivity (Wildman–Crippen MR) is 197 cm³/mol. The second-order valence-electron chi connectivity index (χ2n) is 14.9. The summed E-state index contributed by atoms with van der Waals surface area (Å²) >= 11 is 24.8. The van der Waals surface area contributed by atoms with Crippen molar-refractivity contribution in [3.63, 3.8) is 0 Å². The molecule has 8 rings (SSSR count). The molecule has 47 heavy (non-hydrogen) atoms. The Balaban J connectivity index is 0.000000177. The molecule has 4 aliphatic carbocycles. The lowest BCUT2D eigenvalue weighted by Gasteiger charge is -2.36. The van der Waals surface area contributed by atoms with E-state index in [0.717, 1.165) is 42.5 Å². The van der Waals surface area contributed by atoms with Gasteiger partial charge in [0.15, 0.2) is 0 Å². The molecule has 0 unspecified atom stereocenters. The second kappa shape index (κ2) is 11.3. The van der Waals surface area contributed by atoms with Crippen LogP contribution in [0.1, 0.15) is 116 Å². The number of nitrogens with zero attached hydrogens (tertiary/aromatic N) is 3. The third-order valence-corrected chi connectivity index (χ3v) is 13.8. The Morgan fingerprint density at radius 2 is 1.19 bits per heavy atom. The number of halogens is 4. The molecule has 4 aromatic rings. The maximum Gasteiger partial charge on any atom is 0.275 e. The van der Waals surface area contributed by atoms with E-state index < -0.39 is 0 Å². The average molecular weight is 721 g/mol. The summed E-state index contributed by atoms with van der Waals surface area (Å²) in [6.07, 6.45) is 4.39. The highest BCUT2D eigenvalue weighted by atomic mass is 35.5. The Bertz CT molecular complexity index is 2030. The summed E-state index contributed by atoms with van der Waals surface area (Å²) in [5.41, 5.74) is 5.77. The third kappa shape index (κ3) is 4.50. The Labute approximate surface area is 297 Å². The van der Waals surface area contributed by atoms with Crippen LogP contribution in [0.5, 0.6) is 0 Å². The number of aromatic amines is 1. The number of hydrogen-bond acceptors (Lipinski definition) is 2. The monoisotopic (exact) mass is 718 g/mol. The highest BCUT2D eigenvalue weighted by molar-refractivity contribution is 6.35. The molecular weight excluding hydrogens is 674 g/mol. The standard InChI is InChI=1S/C18H20Cl2N2O.C17H18Cl2N2O.2CH4/c1-17(2)11-7-8-18(17,3)15-14(11)16(23)22(21(15)4)13-9-10(19)5-6-12(13)20;1-16(2)10-6-7-17(16,3)14-13(10)15(22)21(20-14)12-8-9(18)4-5-11(12)19;;/h5-6,9,11H,7-8H2,1-4H3;4-5,8,10,20H,6-7H2,1-3H3;2*1H4/t11-,18+;10-,17+;;/m11../s1. The Kier molecular flexibility index (Phi) is 8.66. The molecule has 2 saturated carbocycles. The third-order valence-electron chi connectivity index (χ3n) is 12.7. The SMILES string of the molecule is C.C.CC1(C)[C@@H]2CC[C@@]1(C)c1[nH]n(-c3cc(Cl)ccc3Cl)c(=O)c12.Cn1c2c(c(=O)n1-c1cc(Cl)ccc1Cl)[C@H]1CC[C@]2(C)C1(C)C. The molecule has 4 atom stereocenters. The lowest BCUT2D eigenvalue weighted by Crippen LogP contribution is -2.35. The van der Waals surface area contributed by atoms with Crippen LogP contribution in [0.25, 0.3) is 11.4 Å². The largest absolute Gasteiger partial charge is 0.294 e. The Hall–Kier alpha value is -2.38. The first kappa shape index (κ1) is 35.9. The van der Waals surface area contributed by atoms with Gasteiger partial charge in [0, 0.05) is 44.7 Å². The summed E-state index contributed by atoms with van der Waals surface area (Å²) in [5, 5.41) is 5.53. The highest BCUT2D eigenvalue weighted by Crippen LogP contribution is 2.67. The van der Waals surface area contributed by atoms with Crippen molar-refractivity contribution in [2.45, 2.75) is 105 Å². The molecule has 6 nitrogen and oxygen atoms in total. The van der Waals surface area contributed by atoms with Crippen molar-refractivity contribution in [2.24, 2.45) is 17.9 Å². The molecule has 1 N–H and O–H groups in total. The molecule has 2 fully saturated rings. The summed E-state index contributed by atoms with van der Waals surface area (Å²) in [6.45, 7) is 13.7. The van der Waals surface area contributed by atoms with Crippen LogP contribution in [0.2, 0.25) is 20.1 Å². The topological polar surface area (TPSA) is 64.7 Å². The molecule has 2 aromatic carbocycles. The minimum absolute atomic E-state index is 0. The van der Waals surface area contributed by atoms with Crippen LogP contribution >= 0.6 is 46.4 Å². The highest BCUT2D eigenvalue weighted by Gasteiger charge is 2.63. The van der Waals surface area contributed by atoms with Crippen LogP contribution in [0.3, 0.4) is 0 Å². The first-order valence-corrected chi connectivity index (χ1v) is 17.1.